The van der Waals surface area contributed by atoms with Crippen molar-refractivity contribution in [3.05, 3.63) is 47.3 Å². The molecule has 0 bridgehead atoms. The van der Waals surface area contributed by atoms with Crippen LogP contribution in [-0.4, -0.2) is 31.6 Å². The third-order valence-corrected chi connectivity index (χ3v) is 5.06. The first kappa shape index (κ1) is 19.1. The Bertz CT molecular complexity index is 1050. The van der Waals surface area contributed by atoms with Gasteiger partial charge in [-0.1, -0.05) is 0 Å². The number of nitrogens with zero attached hydrogens (tertiary/aromatic N) is 4. The summed E-state index contributed by atoms with van der Waals surface area (Å²) in [6, 6.07) is 1.98. The zero-order valence-electron chi connectivity index (χ0n) is 15.9. The van der Waals surface area contributed by atoms with Crippen molar-refractivity contribution in [2.75, 3.05) is 10.6 Å². The molecule has 0 spiro atoms. The molecule has 1 aliphatic heterocycles. The topological polar surface area (TPSA) is 89.9 Å². The van der Waals surface area contributed by atoms with E-state index in [1.54, 1.807) is 37.7 Å². The number of aromatic nitrogens is 4. The Morgan fingerprint density at radius 3 is 2.69 bits per heavy atom. The number of carbonyl (C=O) groups excluding carboxylic acids is 1. The maximum absolute atomic E-state index is 13.7. The molecule has 3 aromatic rings. The summed E-state index contributed by atoms with van der Waals surface area (Å²) >= 11 is 0. The van der Waals surface area contributed by atoms with Gasteiger partial charge in [0.05, 0.1) is 29.4 Å². The van der Waals surface area contributed by atoms with Gasteiger partial charge in [-0.05, 0) is 26.0 Å². The fourth-order valence-corrected chi connectivity index (χ4v) is 3.49. The second-order valence-corrected chi connectivity index (χ2v) is 6.99. The van der Waals surface area contributed by atoms with Crippen LogP contribution in [-0.2, 0) is 7.05 Å². The number of anilines is 2. The van der Waals surface area contributed by atoms with Gasteiger partial charge in [0.25, 0.3) is 5.91 Å². The average molecular weight is 408 g/mol. The highest BCUT2D eigenvalue weighted by Gasteiger charge is 2.47. The van der Waals surface area contributed by atoms with E-state index in [1.807, 2.05) is 0 Å². The van der Waals surface area contributed by atoms with Crippen molar-refractivity contribution in [1.29, 1.82) is 0 Å². The quantitative estimate of drug-likeness (QED) is 0.689. The molecule has 0 saturated heterocycles. The van der Waals surface area contributed by atoms with Crippen LogP contribution < -0.4 is 10.6 Å². The van der Waals surface area contributed by atoms with Gasteiger partial charge in [0, 0.05) is 19.5 Å². The third kappa shape index (κ3) is 3.36. The molecule has 0 aliphatic carbocycles. The van der Waals surface area contributed by atoms with E-state index in [1.165, 1.54) is 12.3 Å². The third-order valence-electron chi connectivity index (χ3n) is 5.06. The molecular formula is C18H19F3N6O2. The van der Waals surface area contributed by atoms with E-state index in [4.69, 9.17) is 4.42 Å². The van der Waals surface area contributed by atoms with Crippen LogP contribution in [0.2, 0.25) is 0 Å². The number of nitrogens with one attached hydrogen (secondary N) is 2. The lowest BCUT2D eigenvalue weighted by atomic mass is 10.0. The van der Waals surface area contributed by atoms with E-state index < -0.39 is 24.2 Å². The fourth-order valence-electron chi connectivity index (χ4n) is 3.49. The molecular weight excluding hydrogens is 389 g/mol. The molecule has 2 atom stereocenters. The fraction of sp³-hybridized carbons (Fsp3) is 0.389. The van der Waals surface area contributed by atoms with Crippen LogP contribution in [0.15, 0.2) is 28.9 Å². The van der Waals surface area contributed by atoms with E-state index in [-0.39, 0.29) is 17.9 Å². The van der Waals surface area contributed by atoms with Crippen molar-refractivity contribution in [2.45, 2.75) is 38.5 Å². The summed E-state index contributed by atoms with van der Waals surface area (Å²) in [5, 5.41) is 13.8. The second-order valence-electron chi connectivity index (χ2n) is 6.99. The number of furan rings is 1. The minimum atomic E-state index is -4.53. The Morgan fingerprint density at radius 2 is 2.10 bits per heavy atom. The van der Waals surface area contributed by atoms with Crippen molar-refractivity contribution < 1.29 is 22.4 Å². The summed E-state index contributed by atoms with van der Waals surface area (Å²) in [6.07, 6.45) is -3.42. The highest BCUT2D eigenvalue weighted by Crippen LogP contribution is 2.43. The van der Waals surface area contributed by atoms with Crippen molar-refractivity contribution in [2.24, 2.45) is 7.05 Å². The minimum Gasteiger partial charge on any atom is -0.467 e. The molecule has 3 aromatic heterocycles. The van der Waals surface area contributed by atoms with E-state index in [9.17, 15) is 18.0 Å². The molecule has 11 heteroatoms. The van der Waals surface area contributed by atoms with Gasteiger partial charge >= 0.3 is 6.18 Å². The second kappa shape index (κ2) is 6.68. The zero-order chi connectivity index (χ0) is 20.9. The van der Waals surface area contributed by atoms with Gasteiger partial charge in [0.1, 0.15) is 11.6 Å². The Morgan fingerprint density at radius 1 is 1.34 bits per heavy atom. The highest BCUT2D eigenvalue weighted by molar-refractivity contribution is 6.04. The number of hydrogen-bond acceptors (Lipinski definition) is 5. The van der Waals surface area contributed by atoms with Crippen molar-refractivity contribution in [1.82, 2.24) is 19.6 Å². The van der Waals surface area contributed by atoms with Crippen molar-refractivity contribution in [3.63, 3.8) is 0 Å². The standard InChI is InChI=1S/C18H19F3N6O2/c1-9-16(10(2)26(3)24-9)23-17(28)12-8-15-22-11(13-5-4-6-29-13)7-14(18(19,20)21)27(15)25-12/h4-6,8,11,14,22H,7H2,1-3H3,(H,23,28)/t11-,14-/m0/s1. The Labute approximate surface area is 163 Å². The summed E-state index contributed by atoms with van der Waals surface area (Å²) in [4.78, 5) is 12.7. The van der Waals surface area contributed by atoms with E-state index in [0.29, 0.717) is 17.1 Å². The summed E-state index contributed by atoms with van der Waals surface area (Å²) in [6.45, 7) is 3.51. The van der Waals surface area contributed by atoms with Gasteiger partial charge in [-0.15, -0.1) is 0 Å². The Kier molecular flexibility index (Phi) is 4.39. The van der Waals surface area contributed by atoms with Gasteiger partial charge in [0.2, 0.25) is 0 Å². The van der Waals surface area contributed by atoms with Gasteiger partial charge in [-0.3, -0.25) is 9.48 Å². The molecule has 4 heterocycles. The predicted molar refractivity (Wildman–Crippen MR) is 97.6 cm³/mol. The first-order chi connectivity index (χ1) is 13.6. The number of fused-ring (bicyclic) bond motifs is 1. The molecule has 0 saturated carbocycles. The molecule has 4 rings (SSSR count). The van der Waals surface area contributed by atoms with E-state index in [2.05, 4.69) is 20.8 Å². The molecule has 29 heavy (non-hydrogen) atoms. The summed E-state index contributed by atoms with van der Waals surface area (Å²) in [5.41, 5.74) is 1.72. The lowest BCUT2D eigenvalue weighted by Crippen LogP contribution is -2.35. The zero-order valence-corrected chi connectivity index (χ0v) is 15.9. The lowest BCUT2D eigenvalue weighted by Gasteiger charge is -2.32. The van der Waals surface area contributed by atoms with Crippen LogP contribution in [0.25, 0.3) is 0 Å². The number of rotatable bonds is 3. The highest BCUT2D eigenvalue weighted by atomic mass is 19.4. The molecule has 154 valence electrons. The van der Waals surface area contributed by atoms with E-state index >= 15 is 0 Å². The SMILES string of the molecule is Cc1nn(C)c(C)c1NC(=O)c1cc2n(n1)[C@H](C(F)(F)F)C[C@@H](c1ccco1)N2. The van der Waals surface area contributed by atoms with Gasteiger partial charge in [0.15, 0.2) is 11.7 Å². The Balaban J connectivity index is 1.66. The molecule has 2 N–H and O–H groups in total. The number of halogens is 3. The van der Waals surface area contributed by atoms with Crippen LogP contribution in [0, 0.1) is 13.8 Å². The van der Waals surface area contributed by atoms with Crippen LogP contribution >= 0.6 is 0 Å². The van der Waals surface area contributed by atoms with Gasteiger partial charge in [-0.25, -0.2) is 4.68 Å². The number of amides is 1. The minimum absolute atomic E-state index is 0.102. The van der Waals surface area contributed by atoms with Crippen LogP contribution in [0.1, 0.15) is 46.1 Å². The lowest BCUT2D eigenvalue weighted by molar-refractivity contribution is -0.174. The maximum atomic E-state index is 13.7. The normalized spacial score (nSPS) is 19.0. The monoisotopic (exact) mass is 408 g/mol. The van der Waals surface area contributed by atoms with Gasteiger partial charge in [-0.2, -0.15) is 23.4 Å². The Hall–Kier alpha value is -3.24. The summed E-state index contributed by atoms with van der Waals surface area (Å²) in [5.74, 6) is -0.118. The number of carbonyl (C=O) groups is 1. The molecule has 1 aliphatic rings. The van der Waals surface area contributed by atoms with E-state index in [0.717, 1.165) is 10.4 Å². The molecule has 0 aromatic carbocycles. The molecule has 0 fully saturated rings. The summed E-state index contributed by atoms with van der Waals surface area (Å²) < 4.78 is 48.7. The number of aryl methyl sites for hydroxylation is 2. The van der Waals surface area contributed by atoms with Crippen LogP contribution in [0.5, 0.6) is 0 Å². The smallest absolute Gasteiger partial charge is 0.410 e. The molecule has 0 radical (unpaired) electrons. The van der Waals surface area contributed by atoms with Crippen molar-refractivity contribution >= 4 is 17.4 Å². The van der Waals surface area contributed by atoms with Crippen LogP contribution in [0.4, 0.5) is 24.7 Å². The van der Waals surface area contributed by atoms with Gasteiger partial charge < -0.3 is 15.1 Å². The molecule has 8 nitrogen and oxygen atoms in total. The molecule has 0 unspecified atom stereocenters. The largest absolute Gasteiger partial charge is 0.467 e. The first-order valence-electron chi connectivity index (χ1n) is 8.93. The molecule has 1 amide bonds. The summed E-state index contributed by atoms with van der Waals surface area (Å²) in [7, 11) is 1.74. The maximum Gasteiger partial charge on any atom is 0.410 e. The number of alkyl halides is 3. The van der Waals surface area contributed by atoms with Crippen molar-refractivity contribution in [3.8, 4) is 0 Å². The first-order valence-corrected chi connectivity index (χ1v) is 8.93. The van der Waals surface area contributed by atoms with Crippen LogP contribution in [0.3, 0.4) is 0 Å². The predicted octanol–water partition coefficient (Wildman–Crippen LogP) is 3.74. The number of hydrogen-bond donors (Lipinski definition) is 2. The average Bonchev–Trinajstić information content (AvgIpc) is 3.36.